The molecule has 1 saturated heterocycles. The maximum atomic E-state index is 13.4. The van der Waals surface area contributed by atoms with Gasteiger partial charge < -0.3 is 4.90 Å². The van der Waals surface area contributed by atoms with Crippen LogP contribution >= 0.6 is 23.2 Å². The van der Waals surface area contributed by atoms with Gasteiger partial charge in [0.15, 0.2) is 0 Å². The molecule has 1 aromatic carbocycles. The molecule has 1 amide bonds. The van der Waals surface area contributed by atoms with Crippen LogP contribution in [-0.4, -0.2) is 39.1 Å². The molecular weight excluding hydrogens is 419 g/mol. The van der Waals surface area contributed by atoms with Crippen LogP contribution in [-0.2, 0) is 18.3 Å². The number of halogens is 4. The number of hydrogen-bond acceptors (Lipinski definition) is 2. The number of aromatic nitrogens is 2. The minimum atomic E-state index is -2.58. The number of rotatable bonds is 4. The van der Waals surface area contributed by atoms with Gasteiger partial charge in [-0.1, -0.05) is 23.2 Å². The van der Waals surface area contributed by atoms with Crippen LogP contribution in [0.2, 0.25) is 10.0 Å². The van der Waals surface area contributed by atoms with Crippen LogP contribution in [0, 0.1) is 5.92 Å². The molecule has 1 aliphatic heterocycles. The smallest absolute Gasteiger partial charge is 0.248 e. The van der Waals surface area contributed by atoms with Gasteiger partial charge in [-0.3, -0.25) is 9.48 Å². The lowest BCUT2D eigenvalue weighted by Gasteiger charge is -2.34. The molecule has 1 atom stereocenters. The monoisotopic (exact) mass is 441 g/mol. The Bertz CT molecular complexity index is 921. The molecule has 2 aromatic rings. The van der Waals surface area contributed by atoms with Crippen molar-refractivity contribution in [2.45, 2.75) is 50.5 Å². The van der Waals surface area contributed by atoms with Crippen molar-refractivity contribution in [3.8, 4) is 11.1 Å². The maximum Gasteiger partial charge on any atom is 0.248 e. The quantitative estimate of drug-likeness (QED) is 0.639. The number of nitrogens with zero attached hydrogens (tertiary/aromatic N) is 3. The summed E-state index contributed by atoms with van der Waals surface area (Å²) in [5.41, 5.74) is 2.51. The highest BCUT2D eigenvalue weighted by Crippen LogP contribution is 2.39. The molecule has 1 aliphatic carbocycles. The minimum absolute atomic E-state index is 0.0451. The number of carbonyl (C=O) groups excluding carboxylic acids is 1. The summed E-state index contributed by atoms with van der Waals surface area (Å²) in [6.45, 7) is 0.624. The van der Waals surface area contributed by atoms with E-state index in [1.807, 2.05) is 25.4 Å². The molecule has 1 aromatic heterocycles. The minimum Gasteiger partial charge on any atom is -0.339 e. The van der Waals surface area contributed by atoms with Crippen molar-refractivity contribution in [3.05, 3.63) is 40.1 Å². The standard InChI is InChI=1S/C21H23Cl2F2N3O/c1-27-12-15(11-26-27)17-10-18(22)14(9-19(17)23)8-13-4-7-28(20(13)29)16-2-5-21(24,25)6-3-16/h9-13,16H,2-8H2,1H3/t13-/m0/s1. The van der Waals surface area contributed by atoms with E-state index in [0.29, 0.717) is 42.3 Å². The molecule has 0 N–H and O–H groups in total. The van der Waals surface area contributed by atoms with Crippen LogP contribution < -0.4 is 0 Å². The van der Waals surface area contributed by atoms with Crippen LogP contribution in [0.1, 0.15) is 37.7 Å². The highest BCUT2D eigenvalue weighted by atomic mass is 35.5. The third kappa shape index (κ3) is 4.29. The number of alkyl halides is 2. The summed E-state index contributed by atoms with van der Waals surface area (Å²) >= 11 is 13.0. The van der Waals surface area contributed by atoms with Gasteiger partial charge in [0.1, 0.15) is 0 Å². The van der Waals surface area contributed by atoms with Gasteiger partial charge in [0.2, 0.25) is 11.8 Å². The SMILES string of the molecule is Cn1cc(-c2cc(Cl)c(C[C@@H]3CCN(C4CCC(F)(F)CC4)C3=O)cc2Cl)cn1. The third-order valence-electron chi connectivity index (χ3n) is 6.10. The molecule has 156 valence electrons. The van der Waals surface area contributed by atoms with Crippen molar-refractivity contribution in [2.75, 3.05) is 6.54 Å². The highest BCUT2D eigenvalue weighted by Gasteiger charge is 2.41. The summed E-state index contributed by atoms with van der Waals surface area (Å²) in [6, 6.07) is 3.57. The lowest BCUT2D eigenvalue weighted by Crippen LogP contribution is -2.42. The number of aryl methyl sites for hydroxylation is 1. The molecule has 2 heterocycles. The van der Waals surface area contributed by atoms with Gasteiger partial charge in [0, 0.05) is 65.8 Å². The summed E-state index contributed by atoms with van der Waals surface area (Å²) in [4.78, 5) is 14.7. The number of hydrogen-bond donors (Lipinski definition) is 0. The van der Waals surface area contributed by atoms with Gasteiger partial charge in [0.05, 0.1) is 6.20 Å². The molecular formula is C21H23Cl2F2N3O. The zero-order chi connectivity index (χ0) is 20.8. The van der Waals surface area contributed by atoms with Gasteiger partial charge in [-0.15, -0.1) is 0 Å². The zero-order valence-corrected chi connectivity index (χ0v) is 17.7. The molecule has 4 nitrogen and oxygen atoms in total. The second-order valence-electron chi connectivity index (χ2n) is 8.13. The second-order valence-corrected chi connectivity index (χ2v) is 8.95. The lowest BCUT2D eigenvalue weighted by atomic mass is 9.91. The zero-order valence-electron chi connectivity index (χ0n) is 16.2. The van der Waals surface area contributed by atoms with E-state index in [9.17, 15) is 13.6 Å². The molecule has 0 spiro atoms. The van der Waals surface area contributed by atoms with Crippen molar-refractivity contribution in [1.82, 2.24) is 14.7 Å². The summed E-state index contributed by atoms with van der Waals surface area (Å²) in [5.74, 6) is -2.72. The Morgan fingerprint density at radius 1 is 1.17 bits per heavy atom. The van der Waals surface area contributed by atoms with E-state index >= 15 is 0 Å². The Labute approximate surface area is 178 Å². The fourth-order valence-corrected chi connectivity index (χ4v) is 4.98. The van der Waals surface area contributed by atoms with Gasteiger partial charge >= 0.3 is 0 Å². The van der Waals surface area contributed by atoms with E-state index in [1.165, 1.54) is 0 Å². The van der Waals surface area contributed by atoms with Crippen molar-refractivity contribution in [1.29, 1.82) is 0 Å². The molecule has 29 heavy (non-hydrogen) atoms. The largest absolute Gasteiger partial charge is 0.339 e. The van der Waals surface area contributed by atoms with Crippen molar-refractivity contribution < 1.29 is 13.6 Å². The van der Waals surface area contributed by atoms with E-state index in [0.717, 1.165) is 16.7 Å². The summed E-state index contributed by atoms with van der Waals surface area (Å²) in [6.07, 6.45) is 5.28. The fraction of sp³-hybridized carbons (Fsp3) is 0.524. The van der Waals surface area contributed by atoms with Gasteiger partial charge in [-0.05, 0) is 43.4 Å². The molecule has 2 aliphatic rings. The Morgan fingerprint density at radius 3 is 2.55 bits per heavy atom. The topological polar surface area (TPSA) is 38.1 Å². The van der Waals surface area contributed by atoms with Crippen molar-refractivity contribution in [3.63, 3.8) is 0 Å². The summed E-state index contributed by atoms with van der Waals surface area (Å²) in [7, 11) is 1.83. The first-order chi connectivity index (χ1) is 13.7. The molecule has 8 heteroatoms. The van der Waals surface area contributed by atoms with Crippen LogP contribution in [0.15, 0.2) is 24.5 Å². The lowest BCUT2D eigenvalue weighted by molar-refractivity contribution is -0.135. The Morgan fingerprint density at radius 2 is 1.90 bits per heavy atom. The predicted octanol–water partition coefficient (Wildman–Crippen LogP) is 5.36. The molecule has 2 fully saturated rings. The molecule has 0 unspecified atom stereocenters. The number of benzene rings is 1. The summed E-state index contributed by atoms with van der Waals surface area (Å²) in [5, 5.41) is 5.29. The maximum absolute atomic E-state index is 13.4. The van der Waals surface area contributed by atoms with Crippen LogP contribution in [0.4, 0.5) is 8.78 Å². The molecule has 0 radical (unpaired) electrons. The molecule has 0 bridgehead atoms. The highest BCUT2D eigenvalue weighted by molar-refractivity contribution is 6.35. The number of amides is 1. The van der Waals surface area contributed by atoms with Crippen LogP contribution in [0.5, 0.6) is 0 Å². The predicted molar refractivity (Wildman–Crippen MR) is 109 cm³/mol. The summed E-state index contributed by atoms with van der Waals surface area (Å²) < 4.78 is 28.6. The Hall–Kier alpha value is -1.66. The van der Waals surface area contributed by atoms with Crippen molar-refractivity contribution >= 4 is 29.1 Å². The second kappa shape index (κ2) is 7.88. The molecule has 4 rings (SSSR count). The molecule has 1 saturated carbocycles. The Balaban J connectivity index is 1.46. The van der Waals surface area contributed by atoms with Gasteiger partial charge in [-0.25, -0.2) is 8.78 Å². The normalized spacial score (nSPS) is 22.4. The first-order valence-corrected chi connectivity index (χ1v) is 10.6. The van der Waals surface area contributed by atoms with E-state index in [-0.39, 0.29) is 30.7 Å². The Kier molecular flexibility index (Phi) is 5.60. The van der Waals surface area contributed by atoms with E-state index in [1.54, 1.807) is 15.8 Å². The van der Waals surface area contributed by atoms with E-state index in [2.05, 4.69) is 5.10 Å². The van der Waals surface area contributed by atoms with E-state index < -0.39 is 5.92 Å². The van der Waals surface area contributed by atoms with Crippen LogP contribution in [0.25, 0.3) is 11.1 Å². The van der Waals surface area contributed by atoms with Crippen molar-refractivity contribution in [2.24, 2.45) is 13.0 Å². The van der Waals surface area contributed by atoms with Gasteiger partial charge in [-0.2, -0.15) is 5.10 Å². The average Bonchev–Trinajstić information content (AvgIpc) is 3.24. The average molecular weight is 442 g/mol. The first-order valence-electron chi connectivity index (χ1n) is 9.89. The first kappa shape index (κ1) is 20.6. The number of likely N-dealkylation sites (tertiary alicyclic amines) is 1. The van der Waals surface area contributed by atoms with Gasteiger partial charge in [0.25, 0.3) is 0 Å². The fourth-order valence-electron chi connectivity index (χ4n) is 4.44. The van der Waals surface area contributed by atoms with E-state index in [4.69, 9.17) is 23.2 Å². The number of carbonyl (C=O) groups is 1. The van der Waals surface area contributed by atoms with Crippen LogP contribution in [0.3, 0.4) is 0 Å². The third-order valence-corrected chi connectivity index (χ3v) is 6.76.